The topological polar surface area (TPSA) is 54.8 Å². The fraction of sp³-hybridized carbons (Fsp3) is 0.385. The molecule has 3 heterocycles. The van der Waals surface area contributed by atoms with E-state index in [4.69, 9.17) is 4.74 Å². The quantitative estimate of drug-likeness (QED) is 0.631. The monoisotopic (exact) mass is 431 g/mol. The number of rotatable bonds is 4. The number of hydrogen-bond acceptors (Lipinski definition) is 3. The number of aromatic nitrogens is 1. The Labute approximate surface area is 188 Å². The van der Waals surface area contributed by atoms with Crippen LogP contribution in [0, 0.1) is 5.41 Å². The van der Waals surface area contributed by atoms with Crippen molar-refractivity contribution in [1.29, 1.82) is 0 Å². The minimum Gasteiger partial charge on any atom is -0.497 e. The summed E-state index contributed by atoms with van der Waals surface area (Å²) in [6, 6.07) is 18.0. The van der Waals surface area contributed by atoms with Crippen LogP contribution in [-0.2, 0) is 18.4 Å². The highest BCUT2D eigenvalue weighted by atomic mass is 16.5. The van der Waals surface area contributed by atoms with Crippen LogP contribution >= 0.6 is 0 Å². The van der Waals surface area contributed by atoms with Crippen LogP contribution in [0.1, 0.15) is 35.3 Å². The molecule has 2 saturated heterocycles. The fourth-order valence-electron chi connectivity index (χ4n) is 5.25. The van der Waals surface area contributed by atoms with Gasteiger partial charge in [-0.2, -0.15) is 0 Å². The number of aryl methyl sites for hydroxylation is 1. The number of likely N-dealkylation sites (tertiary alicyclic amines) is 2. The van der Waals surface area contributed by atoms with Crippen molar-refractivity contribution in [2.75, 3.05) is 26.7 Å². The molecule has 0 aliphatic carbocycles. The van der Waals surface area contributed by atoms with Crippen molar-refractivity contribution in [3.05, 3.63) is 65.9 Å². The van der Waals surface area contributed by atoms with Crippen LogP contribution in [0.15, 0.2) is 54.6 Å². The number of fused-ring (bicyclic) bond motifs is 1. The molecule has 5 rings (SSSR count). The van der Waals surface area contributed by atoms with E-state index in [9.17, 15) is 9.59 Å². The lowest BCUT2D eigenvalue weighted by Gasteiger charge is -2.38. The van der Waals surface area contributed by atoms with Crippen molar-refractivity contribution >= 4 is 22.7 Å². The Bertz CT molecular complexity index is 1160. The van der Waals surface area contributed by atoms with Gasteiger partial charge in [-0.3, -0.25) is 9.59 Å². The van der Waals surface area contributed by atoms with E-state index in [1.165, 1.54) is 0 Å². The summed E-state index contributed by atoms with van der Waals surface area (Å²) in [5, 5.41) is 1.09. The van der Waals surface area contributed by atoms with Gasteiger partial charge >= 0.3 is 0 Å². The molecule has 0 bridgehead atoms. The summed E-state index contributed by atoms with van der Waals surface area (Å²) in [6.07, 6.45) is 2.32. The zero-order valence-electron chi connectivity index (χ0n) is 18.7. The predicted octanol–water partition coefficient (Wildman–Crippen LogP) is 3.84. The van der Waals surface area contributed by atoms with E-state index in [1.54, 1.807) is 7.11 Å². The summed E-state index contributed by atoms with van der Waals surface area (Å²) in [7, 11) is 3.60. The Morgan fingerprint density at radius 3 is 2.47 bits per heavy atom. The smallest absolute Gasteiger partial charge is 0.270 e. The number of piperidine rings is 1. The third-order valence-electron chi connectivity index (χ3n) is 7.22. The first-order valence-corrected chi connectivity index (χ1v) is 11.2. The molecule has 2 aliphatic rings. The van der Waals surface area contributed by atoms with Gasteiger partial charge in [-0.05, 0) is 42.7 Å². The number of carbonyl (C=O) groups is 2. The first-order valence-electron chi connectivity index (χ1n) is 11.2. The number of benzene rings is 2. The summed E-state index contributed by atoms with van der Waals surface area (Å²) >= 11 is 0. The van der Waals surface area contributed by atoms with Gasteiger partial charge in [0.1, 0.15) is 11.4 Å². The molecule has 2 aromatic carbocycles. The molecule has 0 saturated carbocycles. The Balaban J connectivity index is 1.24. The van der Waals surface area contributed by atoms with E-state index in [1.807, 2.05) is 76.0 Å². The maximum Gasteiger partial charge on any atom is 0.270 e. The molecule has 0 radical (unpaired) electrons. The minimum atomic E-state index is -0.0146. The Morgan fingerprint density at radius 1 is 1.06 bits per heavy atom. The van der Waals surface area contributed by atoms with Crippen molar-refractivity contribution in [3.63, 3.8) is 0 Å². The lowest BCUT2D eigenvalue weighted by Crippen LogP contribution is -2.44. The van der Waals surface area contributed by atoms with Gasteiger partial charge in [0.2, 0.25) is 5.91 Å². The average molecular weight is 432 g/mol. The second-order valence-electron chi connectivity index (χ2n) is 9.21. The molecule has 1 spiro atoms. The predicted molar refractivity (Wildman–Crippen MR) is 124 cm³/mol. The minimum absolute atomic E-state index is 0.0146. The largest absolute Gasteiger partial charge is 0.497 e. The van der Waals surface area contributed by atoms with Gasteiger partial charge in [0.25, 0.3) is 5.91 Å². The second kappa shape index (κ2) is 8.01. The number of amides is 2. The molecule has 3 aromatic rings. The van der Waals surface area contributed by atoms with E-state index in [0.29, 0.717) is 26.1 Å². The van der Waals surface area contributed by atoms with E-state index in [2.05, 4.69) is 0 Å². The third-order valence-corrected chi connectivity index (χ3v) is 7.22. The van der Waals surface area contributed by atoms with Gasteiger partial charge in [0, 0.05) is 56.0 Å². The molecule has 2 fully saturated rings. The van der Waals surface area contributed by atoms with Gasteiger partial charge in [-0.25, -0.2) is 0 Å². The summed E-state index contributed by atoms with van der Waals surface area (Å²) in [5.74, 6) is 1.12. The maximum atomic E-state index is 13.2. The molecular weight excluding hydrogens is 402 g/mol. The highest BCUT2D eigenvalue weighted by molar-refractivity contribution is 5.98. The Kier molecular flexibility index (Phi) is 5.16. The van der Waals surface area contributed by atoms with Crippen LogP contribution in [0.3, 0.4) is 0 Å². The van der Waals surface area contributed by atoms with E-state index >= 15 is 0 Å². The Morgan fingerprint density at radius 2 is 1.78 bits per heavy atom. The molecular formula is C26H29N3O3. The van der Waals surface area contributed by atoms with Crippen LogP contribution < -0.4 is 4.74 Å². The van der Waals surface area contributed by atoms with Gasteiger partial charge in [0.05, 0.1) is 7.11 Å². The lowest BCUT2D eigenvalue weighted by atomic mass is 9.77. The second-order valence-corrected chi connectivity index (χ2v) is 9.21. The van der Waals surface area contributed by atoms with Crippen molar-refractivity contribution in [1.82, 2.24) is 14.4 Å². The third kappa shape index (κ3) is 3.64. The normalized spacial score (nSPS) is 18.0. The van der Waals surface area contributed by atoms with Gasteiger partial charge in [-0.1, -0.05) is 30.3 Å². The first-order chi connectivity index (χ1) is 15.5. The van der Waals surface area contributed by atoms with Crippen molar-refractivity contribution in [2.24, 2.45) is 12.5 Å². The Hall–Kier alpha value is -3.28. The van der Waals surface area contributed by atoms with Crippen molar-refractivity contribution < 1.29 is 14.3 Å². The lowest BCUT2D eigenvalue weighted by molar-refractivity contribution is -0.128. The van der Waals surface area contributed by atoms with Gasteiger partial charge in [-0.15, -0.1) is 0 Å². The van der Waals surface area contributed by atoms with E-state index in [-0.39, 0.29) is 17.2 Å². The van der Waals surface area contributed by atoms with Gasteiger partial charge in [0.15, 0.2) is 0 Å². The van der Waals surface area contributed by atoms with Crippen LogP contribution in [0.5, 0.6) is 5.75 Å². The molecule has 32 heavy (non-hydrogen) atoms. The zero-order valence-corrected chi connectivity index (χ0v) is 18.7. The maximum absolute atomic E-state index is 13.2. The van der Waals surface area contributed by atoms with Crippen LogP contribution in [-0.4, -0.2) is 52.9 Å². The molecule has 0 unspecified atom stereocenters. The highest BCUT2D eigenvalue weighted by Crippen LogP contribution is 2.42. The molecule has 6 heteroatoms. The van der Waals surface area contributed by atoms with Gasteiger partial charge < -0.3 is 19.1 Å². The number of methoxy groups -OCH3 is 1. The van der Waals surface area contributed by atoms with Crippen molar-refractivity contribution in [2.45, 2.75) is 25.8 Å². The van der Waals surface area contributed by atoms with E-state index in [0.717, 1.165) is 47.3 Å². The highest BCUT2D eigenvalue weighted by Gasteiger charge is 2.45. The number of carbonyl (C=O) groups excluding carboxylic acids is 2. The molecule has 166 valence electrons. The molecule has 6 nitrogen and oxygen atoms in total. The molecule has 1 aromatic heterocycles. The first kappa shape index (κ1) is 20.6. The molecule has 2 aliphatic heterocycles. The zero-order chi connectivity index (χ0) is 22.3. The van der Waals surface area contributed by atoms with Crippen LogP contribution in [0.4, 0.5) is 0 Å². The number of para-hydroxylation sites is 1. The van der Waals surface area contributed by atoms with Crippen LogP contribution in [0.25, 0.3) is 10.9 Å². The summed E-state index contributed by atoms with van der Waals surface area (Å²) in [5.41, 5.74) is 2.89. The number of ether oxygens (including phenoxy) is 1. The standard InChI is InChI=1S/C26H29N3O3/c1-27-22-6-4-3-5-20(22)15-23(27)25(31)28-13-11-26(12-14-28)16-24(30)29(18-26)17-19-7-9-21(32-2)10-8-19/h3-10,15H,11-14,16-18H2,1-2H3. The number of hydrogen-bond donors (Lipinski definition) is 0. The summed E-state index contributed by atoms with van der Waals surface area (Å²) in [4.78, 5) is 29.9. The summed E-state index contributed by atoms with van der Waals surface area (Å²) in [6.45, 7) is 2.80. The number of nitrogens with zero attached hydrogens (tertiary/aromatic N) is 3. The summed E-state index contributed by atoms with van der Waals surface area (Å²) < 4.78 is 7.21. The molecule has 0 atom stereocenters. The molecule has 0 N–H and O–H groups in total. The van der Waals surface area contributed by atoms with Crippen molar-refractivity contribution in [3.8, 4) is 5.75 Å². The fourth-order valence-corrected chi connectivity index (χ4v) is 5.25. The van der Waals surface area contributed by atoms with Crippen LogP contribution in [0.2, 0.25) is 0 Å². The molecule has 2 amide bonds. The average Bonchev–Trinajstić information content (AvgIpc) is 3.31. The SMILES string of the molecule is COc1ccc(CN2CC3(CCN(C(=O)c4cc5ccccc5n4C)CC3)CC2=O)cc1. The van der Waals surface area contributed by atoms with E-state index < -0.39 is 0 Å².